The Kier molecular flexibility index (Phi) is 4.90. The maximum absolute atomic E-state index is 12.4. The van der Waals surface area contributed by atoms with Crippen LogP contribution in [0.4, 0.5) is 0 Å². The highest BCUT2D eigenvalue weighted by Gasteiger charge is 2.26. The summed E-state index contributed by atoms with van der Waals surface area (Å²) in [6.45, 7) is 5.20. The third-order valence-corrected chi connectivity index (χ3v) is 5.78. The van der Waals surface area contributed by atoms with Crippen LogP contribution < -0.4 is 11.2 Å². The van der Waals surface area contributed by atoms with E-state index in [0.717, 1.165) is 36.7 Å². The van der Waals surface area contributed by atoms with E-state index in [1.165, 1.54) is 0 Å². The predicted molar refractivity (Wildman–Crippen MR) is 103 cm³/mol. The van der Waals surface area contributed by atoms with Crippen molar-refractivity contribution in [1.29, 1.82) is 0 Å². The van der Waals surface area contributed by atoms with E-state index in [2.05, 4.69) is 31.7 Å². The Morgan fingerprint density at radius 2 is 2.07 bits per heavy atom. The Balaban J connectivity index is 1.71. The number of thioether (sulfide) groups is 1. The van der Waals surface area contributed by atoms with Gasteiger partial charge in [0.15, 0.2) is 16.3 Å². The molecule has 0 atom stereocenters. The van der Waals surface area contributed by atoms with E-state index >= 15 is 0 Å². The van der Waals surface area contributed by atoms with Crippen molar-refractivity contribution in [2.45, 2.75) is 69.6 Å². The number of nitrogens with zero attached hydrogens (tertiary/aromatic N) is 6. The summed E-state index contributed by atoms with van der Waals surface area (Å²) in [6.07, 6.45) is 5.92. The molecule has 144 valence electrons. The Morgan fingerprint density at radius 1 is 1.26 bits per heavy atom. The van der Waals surface area contributed by atoms with Gasteiger partial charge in [0.2, 0.25) is 0 Å². The van der Waals surface area contributed by atoms with E-state index in [9.17, 15) is 9.59 Å². The molecule has 3 aromatic heterocycles. The van der Waals surface area contributed by atoms with E-state index < -0.39 is 5.69 Å². The van der Waals surface area contributed by atoms with Crippen molar-refractivity contribution in [3.8, 4) is 0 Å². The molecule has 0 aliphatic heterocycles. The number of unbranched alkanes of at least 4 members (excludes halogenated alkanes) is 1. The second-order valence-electron chi connectivity index (χ2n) is 6.75. The highest BCUT2D eigenvalue weighted by atomic mass is 32.2. The lowest BCUT2D eigenvalue weighted by molar-refractivity contribution is 0.613. The van der Waals surface area contributed by atoms with Crippen molar-refractivity contribution in [2.75, 3.05) is 0 Å². The first-order chi connectivity index (χ1) is 13.1. The molecular weight excluding hydrogens is 366 g/mol. The first kappa shape index (κ1) is 18.0. The third kappa shape index (κ3) is 3.33. The summed E-state index contributed by atoms with van der Waals surface area (Å²) in [5, 5.41) is 9.09. The number of aromatic amines is 1. The minimum absolute atomic E-state index is 0.380. The summed E-state index contributed by atoms with van der Waals surface area (Å²) < 4.78 is 5.57. The van der Waals surface area contributed by atoms with E-state index in [4.69, 9.17) is 0 Å². The molecule has 1 N–H and O–H groups in total. The SMILES string of the molecule is CCCCn1c(=O)[nH]c(=O)c2c1nc(CSc1nncn1C1CC1)n2CC. The highest BCUT2D eigenvalue weighted by Crippen LogP contribution is 2.37. The Hall–Kier alpha value is -2.36. The predicted octanol–water partition coefficient (Wildman–Crippen LogP) is 1.93. The average Bonchev–Trinajstić information content (AvgIpc) is 3.26. The fourth-order valence-corrected chi connectivity index (χ4v) is 4.19. The van der Waals surface area contributed by atoms with E-state index in [0.29, 0.717) is 36.0 Å². The van der Waals surface area contributed by atoms with Crippen LogP contribution in [0.3, 0.4) is 0 Å². The Morgan fingerprint density at radius 3 is 2.78 bits per heavy atom. The fraction of sp³-hybridized carbons (Fsp3) is 0.588. The number of aromatic nitrogens is 7. The fourth-order valence-electron chi connectivity index (χ4n) is 3.26. The Labute approximate surface area is 159 Å². The van der Waals surface area contributed by atoms with Crippen molar-refractivity contribution in [3.63, 3.8) is 0 Å². The molecule has 0 bridgehead atoms. The number of imidazole rings is 1. The second-order valence-corrected chi connectivity index (χ2v) is 7.69. The van der Waals surface area contributed by atoms with Crippen LogP contribution in [0.1, 0.15) is 51.4 Å². The second kappa shape index (κ2) is 7.34. The first-order valence-corrected chi connectivity index (χ1v) is 10.4. The van der Waals surface area contributed by atoms with Gasteiger partial charge in [-0.3, -0.25) is 14.3 Å². The van der Waals surface area contributed by atoms with Crippen LogP contribution in [0.5, 0.6) is 0 Å². The summed E-state index contributed by atoms with van der Waals surface area (Å²) in [5.41, 5.74) is 0.162. The third-order valence-electron chi connectivity index (χ3n) is 4.83. The molecule has 1 fully saturated rings. The van der Waals surface area contributed by atoms with Gasteiger partial charge in [-0.25, -0.2) is 9.78 Å². The monoisotopic (exact) mass is 389 g/mol. The molecule has 27 heavy (non-hydrogen) atoms. The van der Waals surface area contributed by atoms with Gasteiger partial charge in [-0.1, -0.05) is 25.1 Å². The van der Waals surface area contributed by atoms with Crippen LogP contribution >= 0.6 is 11.8 Å². The number of rotatable bonds is 8. The molecule has 9 nitrogen and oxygen atoms in total. The Bertz CT molecular complexity index is 1070. The van der Waals surface area contributed by atoms with Gasteiger partial charge in [-0.2, -0.15) is 0 Å². The zero-order chi connectivity index (χ0) is 19.0. The summed E-state index contributed by atoms with van der Waals surface area (Å²) in [7, 11) is 0. The van der Waals surface area contributed by atoms with Crippen LogP contribution in [0.25, 0.3) is 11.2 Å². The van der Waals surface area contributed by atoms with Gasteiger partial charge in [-0.15, -0.1) is 10.2 Å². The van der Waals surface area contributed by atoms with Crippen molar-refractivity contribution in [3.05, 3.63) is 33.0 Å². The molecule has 3 heterocycles. The topological polar surface area (TPSA) is 103 Å². The lowest BCUT2D eigenvalue weighted by atomic mass is 10.3. The quantitative estimate of drug-likeness (QED) is 0.591. The number of H-pyrrole nitrogens is 1. The lowest BCUT2D eigenvalue weighted by Crippen LogP contribution is -2.31. The first-order valence-electron chi connectivity index (χ1n) is 9.38. The molecule has 0 aromatic carbocycles. The van der Waals surface area contributed by atoms with Gasteiger partial charge in [0, 0.05) is 19.1 Å². The molecule has 0 unspecified atom stereocenters. The minimum atomic E-state index is -0.394. The van der Waals surface area contributed by atoms with Crippen LogP contribution in [0.2, 0.25) is 0 Å². The molecule has 1 aliphatic rings. The molecule has 0 radical (unpaired) electrons. The standard InChI is InChI=1S/C17H23N7O2S/c1-3-5-8-23-14-13(15(25)20-16(23)26)22(4-2)12(19-14)9-27-17-21-18-10-24(17)11-6-7-11/h10-11H,3-9H2,1-2H3,(H,20,25,26). The normalized spacial score (nSPS) is 14.3. The summed E-state index contributed by atoms with van der Waals surface area (Å²) >= 11 is 1.56. The maximum Gasteiger partial charge on any atom is 0.330 e. The number of aryl methyl sites for hydroxylation is 2. The number of hydrogen-bond acceptors (Lipinski definition) is 6. The maximum atomic E-state index is 12.4. The van der Waals surface area contributed by atoms with Crippen LogP contribution in [0.15, 0.2) is 21.1 Å². The molecule has 1 aliphatic carbocycles. The number of fused-ring (bicyclic) bond motifs is 1. The molecule has 4 rings (SSSR count). The van der Waals surface area contributed by atoms with Crippen molar-refractivity contribution >= 4 is 22.9 Å². The van der Waals surface area contributed by atoms with E-state index in [1.807, 2.05) is 11.5 Å². The van der Waals surface area contributed by atoms with Crippen molar-refractivity contribution in [1.82, 2.24) is 33.9 Å². The summed E-state index contributed by atoms with van der Waals surface area (Å²) in [6, 6.07) is 0.509. The number of hydrogen-bond donors (Lipinski definition) is 1. The van der Waals surface area contributed by atoms with Gasteiger partial charge in [0.05, 0.1) is 5.75 Å². The largest absolute Gasteiger partial charge is 0.330 e. The summed E-state index contributed by atoms with van der Waals surface area (Å²) in [4.78, 5) is 31.8. The molecule has 0 spiro atoms. The van der Waals surface area contributed by atoms with Crippen LogP contribution in [0, 0.1) is 0 Å². The zero-order valence-electron chi connectivity index (χ0n) is 15.5. The lowest BCUT2D eigenvalue weighted by Gasteiger charge is -2.07. The molecule has 3 aromatic rings. The van der Waals surface area contributed by atoms with Gasteiger partial charge in [0.1, 0.15) is 12.2 Å². The van der Waals surface area contributed by atoms with Crippen molar-refractivity contribution in [2.24, 2.45) is 0 Å². The molecule has 10 heteroatoms. The van der Waals surface area contributed by atoms with E-state index in [1.54, 1.807) is 22.7 Å². The molecule has 0 amide bonds. The van der Waals surface area contributed by atoms with Gasteiger partial charge >= 0.3 is 5.69 Å². The minimum Gasteiger partial charge on any atom is -0.322 e. The van der Waals surface area contributed by atoms with Gasteiger partial charge < -0.3 is 9.13 Å². The molecular formula is C17H23N7O2S. The highest BCUT2D eigenvalue weighted by molar-refractivity contribution is 7.98. The molecule has 1 saturated carbocycles. The average molecular weight is 389 g/mol. The van der Waals surface area contributed by atoms with Crippen LogP contribution in [-0.2, 0) is 18.8 Å². The van der Waals surface area contributed by atoms with Gasteiger partial charge in [-0.05, 0) is 26.2 Å². The van der Waals surface area contributed by atoms with E-state index in [-0.39, 0.29) is 5.56 Å². The smallest absolute Gasteiger partial charge is 0.322 e. The zero-order valence-corrected chi connectivity index (χ0v) is 16.3. The molecule has 0 saturated heterocycles. The van der Waals surface area contributed by atoms with Gasteiger partial charge in [0.25, 0.3) is 5.56 Å². The summed E-state index contributed by atoms with van der Waals surface area (Å²) in [5.74, 6) is 1.33. The van der Waals surface area contributed by atoms with Crippen molar-refractivity contribution < 1.29 is 0 Å². The number of nitrogens with one attached hydrogen (secondary N) is 1. The van der Waals surface area contributed by atoms with Crippen LogP contribution in [-0.4, -0.2) is 33.9 Å².